The number of carbonyl (C=O) groups excluding carboxylic acids is 2. The Morgan fingerprint density at radius 3 is 2.54 bits per heavy atom. The number of ether oxygens (including phenoxy) is 2. The van der Waals surface area contributed by atoms with Crippen LogP contribution in [0.5, 0.6) is 5.75 Å². The van der Waals surface area contributed by atoms with Crippen molar-refractivity contribution >= 4 is 23.6 Å². The van der Waals surface area contributed by atoms with Gasteiger partial charge in [0.15, 0.2) is 6.61 Å². The van der Waals surface area contributed by atoms with Gasteiger partial charge in [-0.15, -0.1) is 0 Å². The third-order valence-corrected chi connectivity index (χ3v) is 3.40. The molecule has 0 saturated carbocycles. The maximum absolute atomic E-state index is 13.4. The monoisotopic (exact) mass is 357 g/mol. The highest BCUT2D eigenvalue weighted by molar-refractivity contribution is 5.94. The number of halogens is 1. The molecule has 0 radical (unpaired) electrons. The smallest absolute Gasteiger partial charge is 0.331 e. The number of carbonyl (C=O) groups is 2. The van der Waals surface area contributed by atoms with E-state index in [-0.39, 0.29) is 0 Å². The lowest BCUT2D eigenvalue weighted by Crippen LogP contribution is -2.20. The second kappa shape index (κ2) is 9.36. The number of anilines is 1. The minimum atomic E-state index is -0.649. The van der Waals surface area contributed by atoms with E-state index in [1.165, 1.54) is 12.1 Å². The quantitative estimate of drug-likeness (QED) is 0.606. The molecule has 5 nitrogen and oxygen atoms in total. The molecular formula is C20H20FNO4. The largest absolute Gasteiger partial charge is 0.494 e. The molecule has 0 bridgehead atoms. The molecule has 0 heterocycles. The summed E-state index contributed by atoms with van der Waals surface area (Å²) in [6.45, 7) is 3.65. The summed E-state index contributed by atoms with van der Waals surface area (Å²) in [5, 5.41) is 2.46. The molecule has 1 amide bonds. The van der Waals surface area contributed by atoms with Crippen molar-refractivity contribution in [1.82, 2.24) is 0 Å². The van der Waals surface area contributed by atoms with E-state index in [0.717, 1.165) is 11.3 Å². The van der Waals surface area contributed by atoms with E-state index in [9.17, 15) is 14.0 Å². The van der Waals surface area contributed by atoms with Crippen LogP contribution >= 0.6 is 0 Å². The van der Waals surface area contributed by atoms with Gasteiger partial charge in [-0.25, -0.2) is 9.18 Å². The average molecular weight is 357 g/mol. The van der Waals surface area contributed by atoms with Crippen molar-refractivity contribution in [3.8, 4) is 5.75 Å². The van der Waals surface area contributed by atoms with E-state index in [1.807, 2.05) is 6.92 Å². The number of benzene rings is 2. The normalized spacial score (nSPS) is 10.6. The summed E-state index contributed by atoms with van der Waals surface area (Å²) in [4.78, 5) is 23.4. The number of rotatable bonds is 7. The molecule has 6 heteroatoms. The first-order valence-corrected chi connectivity index (χ1v) is 8.11. The number of nitrogens with one attached hydrogen (secondary N) is 1. The van der Waals surface area contributed by atoms with Crippen LogP contribution in [0.1, 0.15) is 18.1 Å². The Kier molecular flexibility index (Phi) is 6.91. The van der Waals surface area contributed by atoms with Gasteiger partial charge in [-0.1, -0.05) is 18.2 Å². The van der Waals surface area contributed by atoms with E-state index < -0.39 is 24.3 Å². The fourth-order valence-electron chi connectivity index (χ4n) is 2.06. The molecule has 1 N–H and O–H groups in total. The SMILES string of the molecule is CCOc1ccc(C=CC(=O)OCC(=O)Nc2ccc(C)c(F)c2)cc1. The lowest BCUT2D eigenvalue weighted by atomic mass is 10.2. The van der Waals surface area contributed by atoms with Crippen LogP contribution in [-0.4, -0.2) is 25.1 Å². The predicted molar refractivity (Wildman–Crippen MR) is 97.4 cm³/mol. The van der Waals surface area contributed by atoms with Gasteiger partial charge in [0.05, 0.1) is 6.61 Å². The van der Waals surface area contributed by atoms with Gasteiger partial charge in [0, 0.05) is 11.8 Å². The molecule has 0 aliphatic heterocycles. The van der Waals surface area contributed by atoms with Gasteiger partial charge in [0.1, 0.15) is 11.6 Å². The highest BCUT2D eigenvalue weighted by Crippen LogP contribution is 2.14. The molecule has 0 aliphatic carbocycles. The van der Waals surface area contributed by atoms with Crippen LogP contribution in [0.2, 0.25) is 0 Å². The van der Waals surface area contributed by atoms with Crippen molar-refractivity contribution < 1.29 is 23.5 Å². The Hall–Kier alpha value is -3.15. The highest BCUT2D eigenvalue weighted by Gasteiger charge is 2.07. The number of amides is 1. The standard InChI is InChI=1S/C20H20FNO4/c1-3-25-17-9-5-15(6-10-17)7-11-20(24)26-13-19(23)22-16-8-4-14(2)18(21)12-16/h4-12H,3,13H2,1-2H3,(H,22,23). The first-order valence-electron chi connectivity index (χ1n) is 8.11. The summed E-state index contributed by atoms with van der Waals surface area (Å²) in [5.74, 6) is -0.866. The van der Waals surface area contributed by atoms with Crippen LogP contribution in [0, 0.1) is 12.7 Å². The van der Waals surface area contributed by atoms with E-state index in [2.05, 4.69) is 5.32 Å². The maximum atomic E-state index is 13.4. The predicted octanol–water partition coefficient (Wildman–Crippen LogP) is 3.73. The summed E-state index contributed by atoms with van der Waals surface area (Å²) in [5.41, 5.74) is 1.58. The summed E-state index contributed by atoms with van der Waals surface area (Å²) in [6.07, 6.45) is 2.81. The average Bonchev–Trinajstić information content (AvgIpc) is 2.63. The van der Waals surface area contributed by atoms with Crippen molar-refractivity contribution in [2.45, 2.75) is 13.8 Å². The Morgan fingerprint density at radius 1 is 1.15 bits per heavy atom. The Labute approximate surface area is 151 Å². The van der Waals surface area contributed by atoms with Gasteiger partial charge in [0.25, 0.3) is 5.91 Å². The van der Waals surface area contributed by atoms with E-state index in [1.54, 1.807) is 49.4 Å². The van der Waals surface area contributed by atoms with Crippen LogP contribution in [0.3, 0.4) is 0 Å². The van der Waals surface area contributed by atoms with Crippen LogP contribution in [-0.2, 0) is 14.3 Å². The van der Waals surface area contributed by atoms with Crippen molar-refractivity contribution in [3.05, 3.63) is 65.5 Å². The summed E-state index contributed by atoms with van der Waals surface area (Å²) in [7, 11) is 0. The van der Waals surface area contributed by atoms with Gasteiger partial charge in [-0.3, -0.25) is 4.79 Å². The first kappa shape index (κ1) is 19.2. The Bertz CT molecular complexity index is 800. The van der Waals surface area contributed by atoms with Crippen LogP contribution < -0.4 is 10.1 Å². The molecule has 26 heavy (non-hydrogen) atoms. The third-order valence-electron chi connectivity index (χ3n) is 3.40. The maximum Gasteiger partial charge on any atom is 0.331 e. The number of hydrogen-bond acceptors (Lipinski definition) is 4. The number of hydrogen-bond donors (Lipinski definition) is 1. The minimum absolute atomic E-state index is 0.305. The Morgan fingerprint density at radius 2 is 1.88 bits per heavy atom. The summed E-state index contributed by atoms with van der Waals surface area (Å²) < 4.78 is 23.6. The van der Waals surface area contributed by atoms with Crippen LogP contribution in [0.4, 0.5) is 10.1 Å². The molecule has 136 valence electrons. The minimum Gasteiger partial charge on any atom is -0.494 e. The fourth-order valence-corrected chi connectivity index (χ4v) is 2.06. The van der Waals surface area contributed by atoms with Crippen molar-refractivity contribution in [1.29, 1.82) is 0 Å². The molecule has 0 aromatic heterocycles. The second-order valence-corrected chi connectivity index (χ2v) is 5.46. The van der Waals surface area contributed by atoms with Gasteiger partial charge < -0.3 is 14.8 Å². The van der Waals surface area contributed by atoms with Gasteiger partial charge >= 0.3 is 5.97 Å². The summed E-state index contributed by atoms with van der Waals surface area (Å²) >= 11 is 0. The van der Waals surface area contributed by atoms with E-state index >= 15 is 0 Å². The van der Waals surface area contributed by atoms with Crippen molar-refractivity contribution in [3.63, 3.8) is 0 Å². The topological polar surface area (TPSA) is 64.6 Å². The molecule has 0 fully saturated rings. The van der Waals surface area contributed by atoms with Crippen LogP contribution in [0.25, 0.3) is 6.08 Å². The molecular weight excluding hydrogens is 337 g/mol. The molecule has 2 aromatic rings. The second-order valence-electron chi connectivity index (χ2n) is 5.46. The van der Waals surface area contributed by atoms with Crippen molar-refractivity contribution in [2.24, 2.45) is 0 Å². The third kappa shape index (κ3) is 6.05. The molecule has 2 rings (SSSR count). The Balaban J connectivity index is 1.80. The lowest BCUT2D eigenvalue weighted by molar-refractivity contribution is -0.142. The molecule has 0 spiro atoms. The molecule has 0 saturated heterocycles. The number of esters is 1. The van der Waals surface area contributed by atoms with E-state index in [0.29, 0.717) is 17.9 Å². The van der Waals surface area contributed by atoms with Gasteiger partial charge in [0.2, 0.25) is 0 Å². The zero-order valence-electron chi connectivity index (χ0n) is 14.6. The number of aryl methyl sites for hydroxylation is 1. The molecule has 0 atom stereocenters. The molecule has 0 unspecified atom stereocenters. The zero-order valence-corrected chi connectivity index (χ0v) is 14.6. The fraction of sp³-hybridized carbons (Fsp3) is 0.200. The van der Waals surface area contributed by atoms with Crippen LogP contribution in [0.15, 0.2) is 48.5 Å². The highest BCUT2D eigenvalue weighted by atomic mass is 19.1. The van der Waals surface area contributed by atoms with Gasteiger partial charge in [-0.2, -0.15) is 0 Å². The first-order chi connectivity index (χ1) is 12.5. The molecule has 2 aromatic carbocycles. The van der Waals surface area contributed by atoms with Gasteiger partial charge in [-0.05, 0) is 55.3 Å². The molecule has 0 aliphatic rings. The van der Waals surface area contributed by atoms with E-state index in [4.69, 9.17) is 9.47 Å². The summed E-state index contributed by atoms with van der Waals surface area (Å²) in [6, 6.07) is 11.5. The lowest BCUT2D eigenvalue weighted by Gasteiger charge is -2.06. The van der Waals surface area contributed by atoms with Crippen molar-refractivity contribution in [2.75, 3.05) is 18.5 Å². The zero-order chi connectivity index (χ0) is 18.9.